The molecule has 1 fully saturated rings. The zero-order chi connectivity index (χ0) is 17.6. The van der Waals surface area contributed by atoms with Gasteiger partial charge >= 0.3 is 0 Å². The number of nitrogens with zero attached hydrogens (tertiary/aromatic N) is 1. The third kappa shape index (κ3) is 2.68. The van der Waals surface area contributed by atoms with Gasteiger partial charge in [0.15, 0.2) is 0 Å². The van der Waals surface area contributed by atoms with Crippen LogP contribution in [-0.4, -0.2) is 29.9 Å². The summed E-state index contributed by atoms with van der Waals surface area (Å²) in [6.07, 6.45) is 1.31. The maximum Gasteiger partial charge on any atom is 0.258 e. The van der Waals surface area contributed by atoms with Crippen LogP contribution in [-0.2, 0) is 16.8 Å². The molecular weight excluding hydrogens is 304 g/mol. The maximum absolute atomic E-state index is 12.9. The molecule has 0 radical (unpaired) electrons. The molecule has 1 aromatic carbocycles. The topological polar surface area (TPSA) is 58.6 Å². The highest BCUT2D eigenvalue weighted by Gasteiger charge is 2.40. The molecule has 128 valence electrons. The molecule has 0 aliphatic carbocycles. The van der Waals surface area contributed by atoms with Crippen LogP contribution in [0.3, 0.4) is 0 Å². The van der Waals surface area contributed by atoms with Gasteiger partial charge in [0.1, 0.15) is 11.8 Å². The first-order valence-electron chi connectivity index (χ1n) is 8.23. The summed E-state index contributed by atoms with van der Waals surface area (Å²) >= 11 is 0. The van der Waals surface area contributed by atoms with Gasteiger partial charge in [0.2, 0.25) is 5.91 Å². The molecule has 0 saturated carbocycles. The monoisotopic (exact) mass is 328 g/mol. The number of ether oxygens (including phenoxy) is 1. The fourth-order valence-electron chi connectivity index (χ4n) is 3.34. The second kappa shape index (κ2) is 5.65. The Kier molecular flexibility index (Phi) is 3.90. The van der Waals surface area contributed by atoms with Crippen LogP contribution < -0.4 is 10.1 Å². The molecule has 0 aromatic heterocycles. The Morgan fingerprint density at radius 1 is 1.29 bits per heavy atom. The molecule has 5 nitrogen and oxygen atoms in total. The molecule has 1 aromatic rings. The second-order valence-corrected chi connectivity index (χ2v) is 7.54. The van der Waals surface area contributed by atoms with Crippen molar-refractivity contribution in [3.63, 3.8) is 0 Å². The van der Waals surface area contributed by atoms with E-state index in [0.29, 0.717) is 36.4 Å². The molecule has 2 amide bonds. The van der Waals surface area contributed by atoms with Crippen LogP contribution in [0.1, 0.15) is 55.1 Å². The van der Waals surface area contributed by atoms with Crippen molar-refractivity contribution >= 4 is 11.8 Å². The number of nitrogens with one attached hydrogen (secondary N) is 1. The number of piperidine rings is 1. The first-order valence-corrected chi connectivity index (χ1v) is 8.23. The minimum absolute atomic E-state index is 0.0429. The molecule has 3 rings (SSSR count). The van der Waals surface area contributed by atoms with Gasteiger partial charge in [0.25, 0.3) is 5.91 Å². The van der Waals surface area contributed by atoms with E-state index >= 15 is 0 Å². The van der Waals surface area contributed by atoms with Gasteiger partial charge in [-0.25, -0.2) is 0 Å². The summed E-state index contributed by atoms with van der Waals surface area (Å²) in [5.41, 5.74) is 3.31. The summed E-state index contributed by atoms with van der Waals surface area (Å²) in [5.74, 6) is 0.308. The number of allylic oxidation sites excluding steroid dienone is 1. The lowest BCUT2D eigenvalue weighted by atomic mass is 9.85. The van der Waals surface area contributed by atoms with E-state index in [2.05, 4.69) is 38.7 Å². The minimum atomic E-state index is -0.446. The molecule has 1 N–H and O–H groups in total. The Balaban J connectivity index is 1.98. The molecule has 0 spiro atoms. The Morgan fingerprint density at radius 2 is 2.00 bits per heavy atom. The average Bonchev–Trinajstić information content (AvgIpc) is 2.82. The molecule has 2 heterocycles. The lowest BCUT2D eigenvalue weighted by Gasteiger charge is -2.30. The van der Waals surface area contributed by atoms with Crippen LogP contribution in [0.5, 0.6) is 5.75 Å². The van der Waals surface area contributed by atoms with E-state index in [1.54, 1.807) is 12.0 Å². The van der Waals surface area contributed by atoms with E-state index in [1.807, 2.05) is 6.07 Å². The highest BCUT2D eigenvalue weighted by Crippen LogP contribution is 2.37. The van der Waals surface area contributed by atoms with Crippen molar-refractivity contribution < 1.29 is 14.3 Å². The van der Waals surface area contributed by atoms with Crippen LogP contribution in [0.25, 0.3) is 0 Å². The number of hydrogen-bond acceptors (Lipinski definition) is 3. The fraction of sp³-hybridized carbons (Fsp3) is 0.474. The van der Waals surface area contributed by atoms with Crippen LogP contribution in [0.2, 0.25) is 0 Å². The zero-order valence-electron chi connectivity index (χ0n) is 14.7. The normalized spacial score (nSPS) is 20.9. The molecule has 1 atom stereocenters. The van der Waals surface area contributed by atoms with Gasteiger partial charge in [-0.2, -0.15) is 0 Å². The number of methoxy groups -OCH3 is 1. The van der Waals surface area contributed by atoms with Crippen molar-refractivity contribution in [1.82, 2.24) is 10.2 Å². The highest BCUT2D eigenvalue weighted by molar-refractivity contribution is 6.03. The van der Waals surface area contributed by atoms with Crippen LogP contribution in [0, 0.1) is 0 Å². The standard InChI is InChI=1S/C19H24N2O3/c1-11-6-7-14(17(22)20-11)21-10-12-8-13(19(2,3)4)9-15(24-5)16(12)18(21)23/h8-9,14H,1,6-7,10H2,2-5H3,(H,20,22). The summed E-state index contributed by atoms with van der Waals surface area (Å²) in [4.78, 5) is 26.8. The minimum Gasteiger partial charge on any atom is -0.496 e. The van der Waals surface area contributed by atoms with E-state index in [9.17, 15) is 9.59 Å². The predicted octanol–water partition coefficient (Wildman–Crippen LogP) is 2.74. The van der Waals surface area contributed by atoms with Crippen molar-refractivity contribution in [2.75, 3.05) is 7.11 Å². The highest BCUT2D eigenvalue weighted by atomic mass is 16.5. The lowest BCUT2D eigenvalue weighted by molar-refractivity contribution is -0.126. The van der Waals surface area contributed by atoms with E-state index in [-0.39, 0.29) is 17.2 Å². The number of amides is 2. The van der Waals surface area contributed by atoms with Crippen molar-refractivity contribution in [3.8, 4) is 5.75 Å². The summed E-state index contributed by atoms with van der Waals surface area (Å²) in [6.45, 7) is 10.6. The largest absolute Gasteiger partial charge is 0.496 e. The predicted molar refractivity (Wildman–Crippen MR) is 91.9 cm³/mol. The van der Waals surface area contributed by atoms with E-state index < -0.39 is 6.04 Å². The molecule has 2 aliphatic heterocycles. The average molecular weight is 328 g/mol. The van der Waals surface area contributed by atoms with Crippen molar-refractivity contribution in [1.29, 1.82) is 0 Å². The molecule has 1 unspecified atom stereocenters. The SMILES string of the molecule is C=C1CCC(N2Cc3cc(C(C)(C)C)cc(OC)c3C2=O)C(=O)N1. The number of rotatable bonds is 2. The van der Waals surface area contributed by atoms with Gasteiger partial charge in [-0.1, -0.05) is 33.4 Å². The number of fused-ring (bicyclic) bond motifs is 1. The van der Waals surface area contributed by atoms with Crippen LogP contribution in [0.15, 0.2) is 24.4 Å². The Bertz CT molecular complexity index is 731. The lowest BCUT2D eigenvalue weighted by Crippen LogP contribution is -2.49. The summed E-state index contributed by atoms with van der Waals surface area (Å²) in [7, 11) is 1.58. The third-order valence-electron chi connectivity index (χ3n) is 4.78. The molecular formula is C19H24N2O3. The van der Waals surface area contributed by atoms with E-state index in [4.69, 9.17) is 4.74 Å². The molecule has 5 heteroatoms. The first kappa shape index (κ1) is 16.6. The summed E-state index contributed by atoms with van der Waals surface area (Å²) < 4.78 is 5.48. The smallest absolute Gasteiger partial charge is 0.258 e. The van der Waals surface area contributed by atoms with Crippen LogP contribution in [0.4, 0.5) is 0 Å². The Hall–Kier alpha value is -2.30. The fourth-order valence-corrected chi connectivity index (χ4v) is 3.34. The van der Waals surface area contributed by atoms with Gasteiger partial charge in [0.05, 0.1) is 12.7 Å². The number of benzene rings is 1. The van der Waals surface area contributed by atoms with E-state index in [0.717, 1.165) is 11.1 Å². The molecule has 24 heavy (non-hydrogen) atoms. The third-order valence-corrected chi connectivity index (χ3v) is 4.78. The van der Waals surface area contributed by atoms with Gasteiger partial charge in [-0.3, -0.25) is 9.59 Å². The summed E-state index contributed by atoms with van der Waals surface area (Å²) in [6, 6.07) is 3.55. The number of carbonyl (C=O) groups is 2. The van der Waals surface area contributed by atoms with Crippen LogP contribution >= 0.6 is 0 Å². The van der Waals surface area contributed by atoms with Crippen molar-refractivity contribution in [2.45, 2.75) is 51.6 Å². The van der Waals surface area contributed by atoms with Crippen molar-refractivity contribution in [3.05, 3.63) is 41.1 Å². The Morgan fingerprint density at radius 3 is 2.58 bits per heavy atom. The van der Waals surface area contributed by atoms with Gasteiger partial charge in [-0.05, 0) is 35.4 Å². The molecule has 0 bridgehead atoms. The molecule has 2 aliphatic rings. The van der Waals surface area contributed by atoms with Crippen molar-refractivity contribution in [2.24, 2.45) is 0 Å². The first-order chi connectivity index (χ1) is 11.2. The number of carbonyl (C=O) groups excluding carboxylic acids is 2. The van der Waals surface area contributed by atoms with Gasteiger partial charge in [-0.15, -0.1) is 0 Å². The summed E-state index contributed by atoms with van der Waals surface area (Å²) in [5, 5.41) is 2.76. The quantitative estimate of drug-likeness (QED) is 0.908. The molecule has 1 saturated heterocycles. The van der Waals surface area contributed by atoms with Gasteiger partial charge in [0, 0.05) is 12.2 Å². The zero-order valence-corrected chi connectivity index (χ0v) is 14.7. The number of hydrogen-bond donors (Lipinski definition) is 1. The maximum atomic E-state index is 12.9. The van der Waals surface area contributed by atoms with Gasteiger partial charge < -0.3 is 15.0 Å². The second-order valence-electron chi connectivity index (χ2n) is 7.54. The Labute approximate surface area is 142 Å². The van der Waals surface area contributed by atoms with E-state index in [1.165, 1.54) is 0 Å².